The fraction of sp³-hybridized carbons (Fsp3) is 0.462. The number of hydrogen-bond donors (Lipinski definition) is 0. The Hall–Kier alpha value is -0.670. The predicted octanol–water partition coefficient (Wildman–Crippen LogP) is 3.73. The lowest BCUT2D eigenvalue weighted by molar-refractivity contribution is 0.112. The van der Waals surface area contributed by atoms with Crippen molar-refractivity contribution in [1.82, 2.24) is 0 Å². The highest BCUT2D eigenvalue weighted by atomic mass is 35.5. The minimum Gasteiger partial charge on any atom is -0.370 e. The van der Waals surface area contributed by atoms with E-state index in [2.05, 4.69) is 18.1 Å². The van der Waals surface area contributed by atoms with Crippen LogP contribution in [0.3, 0.4) is 0 Å². The molecule has 94 valence electrons. The van der Waals surface area contributed by atoms with Gasteiger partial charge in [0.25, 0.3) is 0 Å². The summed E-state index contributed by atoms with van der Waals surface area (Å²) < 4.78 is 0. The Morgan fingerprint density at radius 2 is 2.24 bits per heavy atom. The molecule has 0 heterocycles. The molecule has 1 aromatic rings. The van der Waals surface area contributed by atoms with Gasteiger partial charge in [-0.25, -0.2) is 0 Å². The van der Waals surface area contributed by atoms with Gasteiger partial charge in [0.15, 0.2) is 6.29 Å². The average molecular weight is 272 g/mol. The molecule has 0 N–H and O–H groups in total. The molecule has 0 saturated heterocycles. The fourth-order valence-electron chi connectivity index (χ4n) is 1.81. The SMILES string of the molecule is CCC(CSC)N(C)c1cc(Cl)ccc1C=O. The molecule has 0 spiro atoms. The zero-order valence-corrected chi connectivity index (χ0v) is 12.0. The summed E-state index contributed by atoms with van der Waals surface area (Å²) in [5.41, 5.74) is 1.60. The van der Waals surface area contributed by atoms with Crippen molar-refractivity contribution < 1.29 is 4.79 Å². The number of halogens is 1. The summed E-state index contributed by atoms with van der Waals surface area (Å²) in [5, 5.41) is 0.663. The van der Waals surface area contributed by atoms with Gasteiger partial charge in [0, 0.05) is 35.1 Å². The Bertz CT molecular complexity index is 384. The summed E-state index contributed by atoms with van der Waals surface area (Å²) in [7, 11) is 2.02. The van der Waals surface area contributed by atoms with Crippen LogP contribution in [0.2, 0.25) is 5.02 Å². The average Bonchev–Trinajstić information content (AvgIpc) is 2.35. The van der Waals surface area contributed by atoms with E-state index >= 15 is 0 Å². The van der Waals surface area contributed by atoms with Gasteiger partial charge in [0.2, 0.25) is 0 Å². The molecule has 0 aliphatic rings. The Kier molecular flexibility index (Phi) is 5.86. The number of rotatable bonds is 6. The highest BCUT2D eigenvalue weighted by Crippen LogP contribution is 2.26. The van der Waals surface area contributed by atoms with Gasteiger partial charge < -0.3 is 4.90 Å². The summed E-state index contributed by atoms with van der Waals surface area (Å²) in [6.45, 7) is 2.16. The van der Waals surface area contributed by atoms with Crippen molar-refractivity contribution in [3.8, 4) is 0 Å². The van der Waals surface area contributed by atoms with Crippen LogP contribution in [0.25, 0.3) is 0 Å². The van der Waals surface area contributed by atoms with E-state index in [4.69, 9.17) is 11.6 Å². The fourth-order valence-corrected chi connectivity index (χ4v) is 2.82. The van der Waals surface area contributed by atoms with Crippen molar-refractivity contribution >= 4 is 35.3 Å². The summed E-state index contributed by atoms with van der Waals surface area (Å²) in [6, 6.07) is 5.79. The van der Waals surface area contributed by atoms with Gasteiger partial charge in [-0.05, 0) is 30.9 Å². The first-order chi connectivity index (χ1) is 8.13. The molecule has 1 atom stereocenters. The molecule has 17 heavy (non-hydrogen) atoms. The van der Waals surface area contributed by atoms with Crippen molar-refractivity contribution in [3.63, 3.8) is 0 Å². The van der Waals surface area contributed by atoms with Crippen LogP contribution in [0.15, 0.2) is 18.2 Å². The molecule has 0 bridgehead atoms. The minimum absolute atomic E-state index is 0.419. The molecular weight excluding hydrogens is 254 g/mol. The maximum Gasteiger partial charge on any atom is 0.152 e. The molecule has 1 aromatic carbocycles. The summed E-state index contributed by atoms with van der Waals surface area (Å²) >= 11 is 7.81. The Morgan fingerprint density at radius 3 is 2.76 bits per heavy atom. The second kappa shape index (κ2) is 6.92. The van der Waals surface area contributed by atoms with Gasteiger partial charge in [0.1, 0.15) is 0 Å². The van der Waals surface area contributed by atoms with Crippen molar-refractivity contribution in [1.29, 1.82) is 0 Å². The van der Waals surface area contributed by atoms with Crippen molar-refractivity contribution in [2.75, 3.05) is 24.0 Å². The minimum atomic E-state index is 0.419. The van der Waals surface area contributed by atoms with E-state index in [1.54, 1.807) is 12.1 Å². The second-order valence-corrected chi connectivity index (χ2v) is 5.30. The molecule has 0 aromatic heterocycles. The largest absolute Gasteiger partial charge is 0.370 e. The zero-order valence-electron chi connectivity index (χ0n) is 10.4. The highest BCUT2D eigenvalue weighted by Gasteiger charge is 2.15. The topological polar surface area (TPSA) is 20.3 Å². The first kappa shape index (κ1) is 14.4. The number of thioether (sulfide) groups is 1. The second-order valence-electron chi connectivity index (χ2n) is 3.95. The lowest BCUT2D eigenvalue weighted by Crippen LogP contribution is -2.33. The predicted molar refractivity (Wildman–Crippen MR) is 77.7 cm³/mol. The molecule has 0 saturated carbocycles. The molecule has 0 radical (unpaired) electrons. The van der Waals surface area contributed by atoms with Crippen LogP contribution in [0.4, 0.5) is 5.69 Å². The molecule has 4 heteroatoms. The van der Waals surface area contributed by atoms with Gasteiger partial charge >= 0.3 is 0 Å². The molecule has 0 aliphatic heterocycles. The van der Waals surface area contributed by atoms with E-state index in [1.807, 2.05) is 24.9 Å². The third-order valence-electron chi connectivity index (χ3n) is 2.88. The summed E-state index contributed by atoms with van der Waals surface area (Å²) in [5.74, 6) is 1.04. The van der Waals surface area contributed by atoms with E-state index in [0.29, 0.717) is 16.6 Å². The van der Waals surface area contributed by atoms with Gasteiger partial charge in [-0.15, -0.1) is 0 Å². The smallest absolute Gasteiger partial charge is 0.152 e. The van der Waals surface area contributed by atoms with Crippen LogP contribution < -0.4 is 4.90 Å². The van der Waals surface area contributed by atoms with Crippen LogP contribution in [-0.2, 0) is 0 Å². The molecule has 1 unspecified atom stereocenters. The number of anilines is 1. The van der Waals surface area contributed by atoms with Crippen LogP contribution in [0.1, 0.15) is 23.7 Å². The maximum absolute atomic E-state index is 11.0. The lowest BCUT2D eigenvalue weighted by atomic mass is 10.1. The highest BCUT2D eigenvalue weighted by molar-refractivity contribution is 7.98. The van der Waals surface area contributed by atoms with Gasteiger partial charge in [-0.3, -0.25) is 4.79 Å². The van der Waals surface area contributed by atoms with Crippen LogP contribution in [-0.4, -0.2) is 31.4 Å². The molecule has 0 amide bonds. The van der Waals surface area contributed by atoms with E-state index in [9.17, 15) is 4.79 Å². The lowest BCUT2D eigenvalue weighted by Gasteiger charge is -2.30. The molecular formula is C13H18ClNOS. The van der Waals surface area contributed by atoms with E-state index < -0.39 is 0 Å². The number of carbonyl (C=O) groups is 1. The van der Waals surface area contributed by atoms with E-state index in [1.165, 1.54) is 0 Å². The standard InChI is InChI=1S/C13H18ClNOS/c1-4-12(9-17-3)15(2)13-7-11(14)6-5-10(13)8-16/h5-8,12H,4,9H2,1-3H3. The monoisotopic (exact) mass is 271 g/mol. The number of hydrogen-bond acceptors (Lipinski definition) is 3. The summed E-state index contributed by atoms with van der Waals surface area (Å²) in [6.07, 6.45) is 4.02. The van der Waals surface area contributed by atoms with E-state index in [-0.39, 0.29) is 0 Å². The third kappa shape index (κ3) is 3.65. The quantitative estimate of drug-likeness (QED) is 0.736. The Morgan fingerprint density at radius 1 is 1.53 bits per heavy atom. The first-order valence-corrected chi connectivity index (χ1v) is 7.37. The Labute approximate surface area is 112 Å². The van der Waals surface area contributed by atoms with Crippen LogP contribution >= 0.6 is 23.4 Å². The van der Waals surface area contributed by atoms with Crippen molar-refractivity contribution in [2.45, 2.75) is 19.4 Å². The molecule has 0 aliphatic carbocycles. The zero-order chi connectivity index (χ0) is 12.8. The van der Waals surface area contributed by atoms with Crippen LogP contribution in [0.5, 0.6) is 0 Å². The van der Waals surface area contributed by atoms with Crippen LogP contribution in [0, 0.1) is 0 Å². The van der Waals surface area contributed by atoms with E-state index in [0.717, 1.165) is 24.1 Å². The normalized spacial score (nSPS) is 12.2. The first-order valence-electron chi connectivity index (χ1n) is 5.60. The molecule has 0 fully saturated rings. The number of benzene rings is 1. The van der Waals surface area contributed by atoms with Crippen molar-refractivity contribution in [2.24, 2.45) is 0 Å². The number of carbonyl (C=O) groups excluding carboxylic acids is 1. The van der Waals surface area contributed by atoms with Crippen molar-refractivity contribution in [3.05, 3.63) is 28.8 Å². The third-order valence-corrected chi connectivity index (χ3v) is 3.83. The maximum atomic E-state index is 11.0. The number of nitrogens with zero attached hydrogens (tertiary/aromatic N) is 1. The Balaban J connectivity index is 3.04. The van der Waals surface area contributed by atoms with Gasteiger partial charge in [-0.2, -0.15) is 11.8 Å². The summed E-state index contributed by atoms with van der Waals surface area (Å²) in [4.78, 5) is 13.2. The van der Waals surface area contributed by atoms with Gasteiger partial charge in [-0.1, -0.05) is 18.5 Å². The van der Waals surface area contributed by atoms with Gasteiger partial charge in [0.05, 0.1) is 0 Å². The molecule has 1 rings (SSSR count). The number of aldehydes is 1. The molecule has 2 nitrogen and oxygen atoms in total.